The maximum Gasteiger partial charge on any atom is 0.121 e. The molecular formula is C11H21N3O2. The molecule has 1 aromatic heterocycles. The van der Waals surface area contributed by atoms with Gasteiger partial charge in [0.2, 0.25) is 0 Å². The van der Waals surface area contributed by atoms with Gasteiger partial charge in [-0.25, -0.2) is 4.63 Å². The minimum atomic E-state index is 0.188. The molecule has 0 saturated carbocycles. The normalized spacial score (nSPS) is 12.0. The summed E-state index contributed by atoms with van der Waals surface area (Å²) in [6, 6.07) is 0. The SMILES string of the molecule is Cc1nonc1CNCC(C)(C)CCCO. The number of aromatic nitrogens is 2. The zero-order valence-electron chi connectivity index (χ0n) is 10.3. The van der Waals surface area contributed by atoms with Crippen LogP contribution in [-0.4, -0.2) is 28.6 Å². The van der Waals surface area contributed by atoms with Crippen LogP contribution in [0.2, 0.25) is 0 Å². The van der Waals surface area contributed by atoms with E-state index in [-0.39, 0.29) is 12.0 Å². The number of aryl methyl sites for hydroxylation is 1. The van der Waals surface area contributed by atoms with Crippen LogP contribution < -0.4 is 5.32 Å². The molecule has 0 unspecified atom stereocenters. The Morgan fingerprint density at radius 1 is 1.38 bits per heavy atom. The van der Waals surface area contributed by atoms with Crippen LogP contribution in [0.1, 0.15) is 38.1 Å². The first-order valence-electron chi connectivity index (χ1n) is 5.65. The molecule has 0 aliphatic heterocycles. The van der Waals surface area contributed by atoms with Gasteiger partial charge in [0.25, 0.3) is 0 Å². The van der Waals surface area contributed by atoms with Crippen molar-refractivity contribution in [3.05, 3.63) is 11.4 Å². The first-order chi connectivity index (χ1) is 7.55. The summed E-state index contributed by atoms with van der Waals surface area (Å²) in [5.74, 6) is 0. The Labute approximate surface area is 96.2 Å². The number of nitrogens with zero attached hydrogens (tertiary/aromatic N) is 2. The lowest BCUT2D eigenvalue weighted by Gasteiger charge is -2.24. The van der Waals surface area contributed by atoms with Gasteiger partial charge in [0, 0.05) is 19.7 Å². The molecule has 0 aliphatic carbocycles. The summed E-state index contributed by atoms with van der Waals surface area (Å²) in [5.41, 5.74) is 1.88. The molecule has 1 heterocycles. The highest BCUT2D eigenvalue weighted by atomic mass is 16.6. The molecular weight excluding hydrogens is 206 g/mol. The predicted octanol–water partition coefficient (Wildman–Crippen LogP) is 1.27. The van der Waals surface area contributed by atoms with Crippen LogP contribution in [0.3, 0.4) is 0 Å². The zero-order valence-corrected chi connectivity index (χ0v) is 10.3. The molecule has 1 aromatic rings. The summed E-state index contributed by atoms with van der Waals surface area (Å²) in [6.45, 7) is 8.07. The number of hydrogen-bond donors (Lipinski definition) is 2. The largest absolute Gasteiger partial charge is 0.396 e. The molecule has 5 nitrogen and oxygen atoms in total. The predicted molar refractivity (Wildman–Crippen MR) is 60.8 cm³/mol. The van der Waals surface area contributed by atoms with E-state index in [1.54, 1.807) is 0 Å². The Balaban J connectivity index is 2.27. The van der Waals surface area contributed by atoms with Crippen LogP contribution >= 0.6 is 0 Å². The van der Waals surface area contributed by atoms with Crippen LogP contribution in [0, 0.1) is 12.3 Å². The third-order valence-corrected chi connectivity index (χ3v) is 2.65. The molecule has 16 heavy (non-hydrogen) atoms. The Bertz CT molecular complexity index is 310. The molecule has 92 valence electrons. The Morgan fingerprint density at radius 2 is 2.12 bits per heavy atom. The molecule has 0 bridgehead atoms. The van der Waals surface area contributed by atoms with E-state index < -0.39 is 0 Å². The van der Waals surface area contributed by atoms with Crippen LogP contribution in [0.4, 0.5) is 0 Å². The molecule has 0 aromatic carbocycles. The van der Waals surface area contributed by atoms with Gasteiger partial charge in [-0.15, -0.1) is 0 Å². The quantitative estimate of drug-likeness (QED) is 0.734. The molecule has 5 heteroatoms. The molecule has 0 amide bonds. The van der Waals surface area contributed by atoms with E-state index in [4.69, 9.17) is 5.11 Å². The van der Waals surface area contributed by atoms with Crippen molar-refractivity contribution in [3.63, 3.8) is 0 Å². The van der Waals surface area contributed by atoms with Crippen molar-refractivity contribution in [1.29, 1.82) is 0 Å². The molecule has 2 N–H and O–H groups in total. The van der Waals surface area contributed by atoms with E-state index in [9.17, 15) is 0 Å². The second kappa shape index (κ2) is 5.96. The summed E-state index contributed by atoms with van der Waals surface area (Å²) >= 11 is 0. The van der Waals surface area contributed by atoms with Crippen molar-refractivity contribution < 1.29 is 9.74 Å². The average Bonchev–Trinajstić information content (AvgIpc) is 2.62. The van der Waals surface area contributed by atoms with E-state index in [2.05, 4.69) is 34.1 Å². The Morgan fingerprint density at radius 3 is 2.69 bits per heavy atom. The van der Waals surface area contributed by atoms with Crippen molar-refractivity contribution in [2.24, 2.45) is 5.41 Å². The standard InChI is InChI=1S/C11H21N3O2/c1-9-10(14-16-13-9)7-12-8-11(2,3)5-4-6-15/h12,15H,4-8H2,1-3H3. The van der Waals surface area contributed by atoms with Gasteiger partial charge in [-0.2, -0.15) is 0 Å². The number of rotatable bonds is 7. The third kappa shape index (κ3) is 4.28. The van der Waals surface area contributed by atoms with Gasteiger partial charge in [0.1, 0.15) is 11.4 Å². The van der Waals surface area contributed by atoms with Crippen LogP contribution in [0.5, 0.6) is 0 Å². The fourth-order valence-corrected chi connectivity index (χ4v) is 1.58. The maximum absolute atomic E-state index is 8.79. The van der Waals surface area contributed by atoms with Gasteiger partial charge in [-0.3, -0.25) is 0 Å². The molecule has 0 fully saturated rings. The number of aliphatic hydroxyl groups is 1. The van der Waals surface area contributed by atoms with E-state index in [0.29, 0.717) is 6.54 Å². The maximum atomic E-state index is 8.79. The molecule has 0 aliphatic rings. The minimum absolute atomic E-state index is 0.188. The average molecular weight is 227 g/mol. The van der Waals surface area contributed by atoms with E-state index >= 15 is 0 Å². The second-order valence-electron chi connectivity index (χ2n) is 4.89. The van der Waals surface area contributed by atoms with Gasteiger partial charge in [-0.1, -0.05) is 24.2 Å². The highest BCUT2D eigenvalue weighted by molar-refractivity contribution is 5.03. The van der Waals surface area contributed by atoms with Crippen LogP contribution in [0.15, 0.2) is 4.63 Å². The topological polar surface area (TPSA) is 71.2 Å². The Kier molecular flexibility index (Phi) is 4.89. The highest BCUT2D eigenvalue weighted by Crippen LogP contribution is 2.20. The summed E-state index contributed by atoms with van der Waals surface area (Å²) in [5, 5.41) is 19.7. The molecule has 0 atom stereocenters. The van der Waals surface area contributed by atoms with E-state index in [0.717, 1.165) is 30.8 Å². The smallest absolute Gasteiger partial charge is 0.121 e. The van der Waals surface area contributed by atoms with E-state index in [1.165, 1.54) is 0 Å². The van der Waals surface area contributed by atoms with Gasteiger partial charge in [0.05, 0.1) is 0 Å². The zero-order chi connectivity index (χ0) is 12.0. The fourth-order valence-electron chi connectivity index (χ4n) is 1.58. The lowest BCUT2D eigenvalue weighted by Crippen LogP contribution is -2.29. The van der Waals surface area contributed by atoms with Gasteiger partial charge in [0.15, 0.2) is 0 Å². The van der Waals surface area contributed by atoms with Crippen molar-refractivity contribution in [3.8, 4) is 0 Å². The lowest BCUT2D eigenvalue weighted by atomic mass is 9.88. The van der Waals surface area contributed by atoms with Gasteiger partial charge >= 0.3 is 0 Å². The van der Waals surface area contributed by atoms with Gasteiger partial charge < -0.3 is 10.4 Å². The summed E-state index contributed by atoms with van der Waals surface area (Å²) < 4.78 is 4.62. The molecule has 0 spiro atoms. The lowest BCUT2D eigenvalue weighted by molar-refractivity contribution is 0.235. The highest BCUT2D eigenvalue weighted by Gasteiger charge is 2.17. The fraction of sp³-hybridized carbons (Fsp3) is 0.818. The second-order valence-corrected chi connectivity index (χ2v) is 4.89. The summed E-state index contributed by atoms with van der Waals surface area (Å²) in [7, 11) is 0. The van der Waals surface area contributed by atoms with Crippen molar-refractivity contribution in [2.75, 3.05) is 13.2 Å². The monoisotopic (exact) mass is 227 g/mol. The minimum Gasteiger partial charge on any atom is -0.396 e. The number of nitrogens with one attached hydrogen (secondary N) is 1. The summed E-state index contributed by atoms with van der Waals surface area (Å²) in [6.07, 6.45) is 1.85. The van der Waals surface area contributed by atoms with Crippen LogP contribution in [0.25, 0.3) is 0 Å². The molecule has 1 rings (SSSR count). The van der Waals surface area contributed by atoms with Crippen molar-refractivity contribution >= 4 is 0 Å². The molecule has 0 saturated heterocycles. The van der Waals surface area contributed by atoms with Crippen molar-refractivity contribution in [2.45, 2.75) is 40.2 Å². The van der Waals surface area contributed by atoms with Crippen LogP contribution in [-0.2, 0) is 6.54 Å². The third-order valence-electron chi connectivity index (χ3n) is 2.65. The summed E-state index contributed by atoms with van der Waals surface area (Å²) in [4.78, 5) is 0. The van der Waals surface area contributed by atoms with E-state index in [1.807, 2.05) is 6.92 Å². The molecule has 0 radical (unpaired) electrons. The van der Waals surface area contributed by atoms with Crippen molar-refractivity contribution in [1.82, 2.24) is 15.6 Å². The van der Waals surface area contributed by atoms with Gasteiger partial charge in [-0.05, 0) is 25.2 Å². The number of aliphatic hydroxyl groups excluding tert-OH is 1. The Hall–Kier alpha value is -0.940. The first-order valence-corrected chi connectivity index (χ1v) is 5.65. The number of hydrogen-bond acceptors (Lipinski definition) is 5. The first kappa shape index (κ1) is 13.1.